The minimum atomic E-state index is -1.83. The molecule has 1 aromatic rings. The van der Waals surface area contributed by atoms with Gasteiger partial charge in [0.1, 0.15) is 0 Å². The number of nitrogens with zero attached hydrogens (tertiary/aromatic N) is 2. The van der Waals surface area contributed by atoms with E-state index >= 15 is 0 Å². The predicted molar refractivity (Wildman–Crippen MR) is 44.1 cm³/mol. The van der Waals surface area contributed by atoms with Gasteiger partial charge < -0.3 is 9.90 Å². The van der Waals surface area contributed by atoms with Crippen molar-refractivity contribution in [2.45, 2.75) is 0 Å². The Morgan fingerprint density at radius 3 is 2.13 bits per heavy atom. The second-order valence-corrected chi connectivity index (χ2v) is 2.50. The van der Waals surface area contributed by atoms with E-state index in [2.05, 4.69) is 0 Å². The van der Waals surface area contributed by atoms with Gasteiger partial charge in [0.15, 0.2) is 0 Å². The predicted octanol–water partition coefficient (Wildman–Crippen LogP) is -0.134. The van der Waals surface area contributed by atoms with Gasteiger partial charge >= 0.3 is 0 Å². The van der Waals surface area contributed by atoms with Crippen molar-refractivity contribution in [1.29, 1.82) is 0 Å². The van der Waals surface area contributed by atoms with Gasteiger partial charge in [-0.1, -0.05) is 0 Å². The van der Waals surface area contributed by atoms with E-state index in [4.69, 9.17) is 0 Å². The first-order valence-electron chi connectivity index (χ1n) is 3.57. The van der Waals surface area contributed by atoms with Crippen LogP contribution in [-0.4, -0.2) is 15.8 Å². The number of non-ortho nitro benzene ring substituents is 1. The van der Waals surface area contributed by atoms with Crippen molar-refractivity contribution >= 4 is 17.3 Å². The van der Waals surface area contributed by atoms with Gasteiger partial charge in [-0.2, -0.15) is 0 Å². The van der Waals surface area contributed by atoms with Crippen LogP contribution >= 0.6 is 0 Å². The van der Waals surface area contributed by atoms with Crippen molar-refractivity contribution in [3.63, 3.8) is 0 Å². The molecule has 1 rings (SSSR count). The van der Waals surface area contributed by atoms with Gasteiger partial charge in [-0.05, 0) is 0 Å². The van der Waals surface area contributed by atoms with Gasteiger partial charge in [0.25, 0.3) is 11.4 Å². The van der Waals surface area contributed by atoms with Crippen LogP contribution in [0.1, 0.15) is 10.4 Å². The fourth-order valence-corrected chi connectivity index (χ4v) is 0.960. The Morgan fingerprint density at radius 1 is 1.13 bits per heavy atom. The summed E-state index contributed by atoms with van der Waals surface area (Å²) in [6, 6.07) is 2.20. The van der Waals surface area contributed by atoms with Crippen molar-refractivity contribution in [2.24, 2.45) is 0 Å². The van der Waals surface area contributed by atoms with Gasteiger partial charge in [0.2, 0.25) is 0 Å². The molecule has 0 saturated carbocycles. The summed E-state index contributed by atoms with van der Waals surface area (Å²) in [4.78, 5) is 29.3. The number of benzene rings is 1. The third kappa shape index (κ3) is 2.05. The number of hydrogen-bond donors (Lipinski definition) is 0. The third-order valence-electron chi connectivity index (χ3n) is 1.61. The Balaban J connectivity index is 3.40. The summed E-state index contributed by atoms with van der Waals surface area (Å²) in [5.74, 6) is -1.83. The molecule has 8 nitrogen and oxygen atoms in total. The first-order valence-corrected chi connectivity index (χ1v) is 3.57. The fraction of sp³-hybridized carbons (Fsp3) is 0. The Morgan fingerprint density at radius 2 is 1.73 bits per heavy atom. The zero-order valence-electron chi connectivity index (χ0n) is 7.08. The maximum absolute atomic E-state index is 10.5. The van der Waals surface area contributed by atoms with Crippen LogP contribution in [0.3, 0.4) is 0 Å². The van der Waals surface area contributed by atoms with E-state index in [1.165, 1.54) is 0 Å². The minimum absolute atomic E-state index is 0.542. The number of rotatable bonds is 3. The zero-order chi connectivity index (χ0) is 11.6. The summed E-state index contributed by atoms with van der Waals surface area (Å²) in [7, 11) is 0. The number of nitro groups is 2. The lowest BCUT2D eigenvalue weighted by molar-refractivity contribution is -0.390. The molecular weight excluding hydrogens is 208 g/mol. The summed E-state index contributed by atoms with van der Waals surface area (Å²) in [5, 5.41) is 31.1. The highest BCUT2D eigenvalue weighted by Crippen LogP contribution is 2.23. The standard InChI is InChI=1S/C7H4N2O6/c10-7(11)5-3-4(8(12)13)1-2-6(5)9(14)15/h1-3H,(H,10,11)/p-1. The normalized spacial score (nSPS) is 9.60. The molecule has 0 bridgehead atoms. The molecular formula is C7H3N2O6-. The van der Waals surface area contributed by atoms with Crippen LogP contribution in [0.15, 0.2) is 18.2 Å². The fourth-order valence-electron chi connectivity index (χ4n) is 0.960. The smallest absolute Gasteiger partial charge is 0.278 e. The quantitative estimate of drug-likeness (QED) is 0.505. The lowest BCUT2D eigenvalue weighted by Gasteiger charge is -2.02. The number of aromatic carboxylic acids is 1. The van der Waals surface area contributed by atoms with E-state index in [0.29, 0.717) is 6.07 Å². The van der Waals surface area contributed by atoms with E-state index in [1.807, 2.05) is 0 Å². The topological polar surface area (TPSA) is 126 Å². The highest BCUT2D eigenvalue weighted by molar-refractivity contribution is 5.91. The lowest BCUT2D eigenvalue weighted by Crippen LogP contribution is -2.23. The molecule has 78 valence electrons. The summed E-state index contributed by atoms with van der Waals surface area (Å²) in [6.07, 6.45) is 0. The molecule has 8 heteroatoms. The minimum Gasteiger partial charge on any atom is -0.545 e. The molecule has 0 atom stereocenters. The average molecular weight is 211 g/mol. The van der Waals surface area contributed by atoms with Gasteiger partial charge in [-0.3, -0.25) is 20.2 Å². The molecule has 15 heavy (non-hydrogen) atoms. The molecule has 0 fully saturated rings. The molecule has 0 amide bonds. The number of nitro benzene ring substituents is 2. The van der Waals surface area contributed by atoms with Crippen molar-refractivity contribution in [1.82, 2.24) is 0 Å². The molecule has 0 N–H and O–H groups in total. The van der Waals surface area contributed by atoms with Gasteiger partial charge in [0.05, 0.1) is 21.4 Å². The van der Waals surface area contributed by atoms with Crippen LogP contribution in [0.25, 0.3) is 0 Å². The number of carbonyl (C=O) groups excluding carboxylic acids is 1. The Bertz CT molecular complexity index is 455. The van der Waals surface area contributed by atoms with E-state index in [0.717, 1.165) is 12.1 Å². The van der Waals surface area contributed by atoms with Gasteiger partial charge in [-0.15, -0.1) is 0 Å². The van der Waals surface area contributed by atoms with Crippen LogP contribution in [0, 0.1) is 20.2 Å². The molecule has 0 radical (unpaired) electrons. The maximum Gasteiger partial charge on any atom is 0.278 e. The van der Waals surface area contributed by atoms with E-state index < -0.39 is 32.8 Å². The zero-order valence-corrected chi connectivity index (χ0v) is 7.08. The van der Waals surface area contributed by atoms with Crippen molar-refractivity contribution in [3.05, 3.63) is 44.0 Å². The summed E-state index contributed by atoms with van der Waals surface area (Å²) in [5.41, 5.74) is -2.09. The van der Waals surface area contributed by atoms with E-state index in [1.54, 1.807) is 0 Å². The highest BCUT2D eigenvalue weighted by Gasteiger charge is 2.18. The number of carbonyl (C=O) groups is 1. The SMILES string of the molecule is O=C([O-])c1cc([N+](=O)[O-])ccc1[N+](=O)[O-]. The molecule has 0 aliphatic rings. The van der Waals surface area contributed by atoms with E-state index in [9.17, 15) is 30.1 Å². The monoisotopic (exact) mass is 211 g/mol. The molecule has 0 heterocycles. The number of carboxylic acids is 1. The van der Waals surface area contributed by atoms with Gasteiger partial charge in [0, 0.05) is 18.2 Å². The van der Waals surface area contributed by atoms with Crippen molar-refractivity contribution in [3.8, 4) is 0 Å². The molecule has 0 aliphatic carbocycles. The Hall–Kier alpha value is -2.51. The van der Waals surface area contributed by atoms with Crippen molar-refractivity contribution in [2.75, 3.05) is 0 Å². The molecule has 0 aromatic heterocycles. The van der Waals surface area contributed by atoms with Crippen LogP contribution < -0.4 is 5.11 Å². The summed E-state index contributed by atoms with van der Waals surface area (Å²) in [6.45, 7) is 0. The van der Waals surface area contributed by atoms with Crippen LogP contribution in [0.5, 0.6) is 0 Å². The molecule has 0 aliphatic heterocycles. The maximum atomic E-state index is 10.5. The third-order valence-corrected chi connectivity index (χ3v) is 1.61. The number of carboxylic acid groups (broad SMARTS) is 1. The van der Waals surface area contributed by atoms with E-state index in [-0.39, 0.29) is 0 Å². The van der Waals surface area contributed by atoms with Crippen molar-refractivity contribution < 1.29 is 19.7 Å². The molecule has 0 unspecified atom stereocenters. The first kappa shape index (κ1) is 10.6. The Labute approximate surface area is 82.1 Å². The largest absolute Gasteiger partial charge is 0.545 e. The lowest BCUT2D eigenvalue weighted by atomic mass is 10.1. The van der Waals surface area contributed by atoms with Crippen LogP contribution in [0.4, 0.5) is 11.4 Å². The number of hydrogen-bond acceptors (Lipinski definition) is 6. The Kier molecular flexibility index (Phi) is 2.61. The van der Waals surface area contributed by atoms with Gasteiger partial charge in [-0.25, -0.2) is 0 Å². The van der Waals surface area contributed by atoms with Crippen LogP contribution in [-0.2, 0) is 0 Å². The summed E-state index contributed by atoms with van der Waals surface area (Å²) < 4.78 is 0. The second-order valence-electron chi connectivity index (χ2n) is 2.50. The summed E-state index contributed by atoms with van der Waals surface area (Å²) >= 11 is 0. The average Bonchev–Trinajstić information content (AvgIpc) is 2.16. The van der Waals surface area contributed by atoms with Crippen LogP contribution in [0.2, 0.25) is 0 Å². The highest BCUT2D eigenvalue weighted by atomic mass is 16.6. The first-order chi connectivity index (χ1) is 6.93. The molecule has 0 saturated heterocycles. The second kappa shape index (κ2) is 3.70. The molecule has 1 aromatic carbocycles. The molecule has 0 spiro atoms.